The zero-order valence-electron chi connectivity index (χ0n) is 15.4. The first-order valence-corrected chi connectivity index (χ1v) is 10.9. The smallest absolute Gasteiger partial charge is 0.239 e. The van der Waals surface area contributed by atoms with Crippen molar-refractivity contribution in [1.82, 2.24) is 9.80 Å². The first-order valence-electron chi connectivity index (χ1n) is 10.1. The number of piperazine rings is 1. The predicted octanol–water partition coefficient (Wildman–Crippen LogP) is 3.00. The number of rotatable bonds is 3. The van der Waals surface area contributed by atoms with Gasteiger partial charge in [-0.2, -0.15) is 5.26 Å². The normalized spacial score (nSPS) is 24.2. The van der Waals surface area contributed by atoms with Crippen molar-refractivity contribution < 1.29 is 4.79 Å². The molecule has 6 heteroatoms. The molecule has 2 saturated heterocycles. The van der Waals surface area contributed by atoms with Crippen molar-refractivity contribution in [2.45, 2.75) is 57.4 Å². The molecule has 0 radical (unpaired) electrons. The maximum atomic E-state index is 12.6. The van der Waals surface area contributed by atoms with Crippen molar-refractivity contribution >= 4 is 22.2 Å². The van der Waals surface area contributed by atoms with Crippen LogP contribution in [0.5, 0.6) is 0 Å². The van der Waals surface area contributed by atoms with E-state index in [1.165, 1.54) is 49.1 Å². The number of nitrogens with zero attached hydrogens (tertiary/aromatic N) is 3. The third-order valence-corrected chi connectivity index (χ3v) is 7.28. The van der Waals surface area contributed by atoms with Crippen LogP contribution in [0.3, 0.4) is 0 Å². The van der Waals surface area contributed by atoms with E-state index in [0.717, 1.165) is 49.5 Å². The maximum Gasteiger partial charge on any atom is 0.239 e. The van der Waals surface area contributed by atoms with Gasteiger partial charge in [0.25, 0.3) is 0 Å². The number of carbonyl (C=O) groups excluding carboxylic acids is 1. The number of fused-ring (bicyclic) bond motifs is 2. The van der Waals surface area contributed by atoms with E-state index in [-0.39, 0.29) is 5.91 Å². The van der Waals surface area contributed by atoms with Gasteiger partial charge in [-0.3, -0.25) is 14.6 Å². The molecule has 0 bridgehead atoms. The van der Waals surface area contributed by atoms with Crippen molar-refractivity contribution in [3.8, 4) is 6.07 Å². The predicted molar refractivity (Wildman–Crippen MR) is 105 cm³/mol. The molecule has 3 heterocycles. The summed E-state index contributed by atoms with van der Waals surface area (Å²) < 4.78 is 0. The second-order valence-corrected chi connectivity index (χ2v) is 8.95. The minimum Gasteiger partial charge on any atom is -0.315 e. The van der Waals surface area contributed by atoms with E-state index in [0.29, 0.717) is 12.6 Å². The molecule has 0 saturated carbocycles. The number of nitrogens with one attached hydrogen (secondary N) is 1. The van der Waals surface area contributed by atoms with E-state index in [4.69, 9.17) is 0 Å². The number of hydrogen-bond acceptors (Lipinski definition) is 5. The number of hydrogen-bond donors (Lipinski definition) is 1. The summed E-state index contributed by atoms with van der Waals surface area (Å²) in [6.45, 7) is 4.71. The second kappa shape index (κ2) is 8.08. The van der Waals surface area contributed by atoms with Crippen LogP contribution in [0.15, 0.2) is 0 Å². The molecule has 4 rings (SSSR count). The molecule has 2 fully saturated rings. The van der Waals surface area contributed by atoms with E-state index in [1.807, 2.05) is 0 Å². The molecule has 1 amide bonds. The Labute approximate surface area is 160 Å². The number of aryl methyl sites for hydroxylation is 1. The molecule has 0 aromatic carbocycles. The van der Waals surface area contributed by atoms with Crippen LogP contribution in [-0.2, 0) is 17.6 Å². The Morgan fingerprint density at radius 1 is 1.15 bits per heavy atom. The highest BCUT2D eigenvalue weighted by Crippen LogP contribution is 2.36. The van der Waals surface area contributed by atoms with Gasteiger partial charge in [0.15, 0.2) is 0 Å². The van der Waals surface area contributed by atoms with Crippen LogP contribution in [0.2, 0.25) is 0 Å². The van der Waals surface area contributed by atoms with Crippen molar-refractivity contribution in [2.75, 3.05) is 38.0 Å². The number of amides is 1. The topological polar surface area (TPSA) is 59.4 Å². The van der Waals surface area contributed by atoms with Crippen LogP contribution in [0, 0.1) is 11.3 Å². The molecule has 1 N–H and O–H groups in total. The molecule has 5 nitrogen and oxygen atoms in total. The molecule has 26 heavy (non-hydrogen) atoms. The summed E-state index contributed by atoms with van der Waals surface area (Å²) in [4.78, 5) is 18.8. The van der Waals surface area contributed by atoms with E-state index in [2.05, 4.69) is 21.2 Å². The van der Waals surface area contributed by atoms with Gasteiger partial charge in [-0.25, -0.2) is 0 Å². The Morgan fingerprint density at radius 2 is 2.00 bits per heavy atom. The fourth-order valence-corrected chi connectivity index (χ4v) is 5.95. The van der Waals surface area contributed by atoms with Crippen molar-refractivity contribution in [3.63, 3.8) is 0 Å². The Hall–Kier alpha value is -1.42. The first kappa shape index (κ1) is 18.0. The molecule has 0 spiro atoms. The fraction of sp³-hybridized carbons (Fsp3) is 0.700. The second-order valence-electron chi connectivity index (χ2n) is 7.85. The van der Waals surface area contributed by atoms with Gasteiger partial charge in [0.2, 0.25) is 5.91 Å². The van der Waals surface area contributed by atoms with Gasteiger partial charge in [-0.15, -0.1) is 11.3 Å². The number of anilines is 1. The highest BCUT2D eigenvalue weighted by atomic mass is 32.1. The molecule has 1 aromatic rings. The Balaban J connectivity index is 1.41. The molecule has 3 aliphatic rings. The lowest BCUT2D eigenvalue weighted by Gasteiger charge is -2.37. The Morgan fingerprint density at radius 3 is 2.85 bits per heavy atom. The van der Waals surface area contributed by atoms with Crippen molar-refractivity contribution in [3.05, 3.63) is 16.0 Å². The highest BCUT2D eigenvalue weighted by molar-refractivity contribution is 7.16. The van der Waals surface area contributed by atoms with Crippen LogP contribution in [0.25, 0.3) is 0 Å². The molecule has 1 aromatic heterocycles. The minimum atomic E-state index is 0.0298. The zero-order valence-corrected chi connectivity index (χ0v) is 16.2. The van der Waals surface area contributed by atoms with E-state index in [9.17, 15) is 10.1 Å². The van der Waals surface area contributed by atoms with Gasteiger partial charge in [0.05, 0.1) is 12.1 Å². The standard InChI is InChI=1S/C20H28N4OS/c21-12-17-16-7-3-1-2-4-8-18(16)26-20(17)22-19(25)14-23-10-11-24-9-5-6-15(24)13-23/h15H,1-11,13-14H2,(H,22,25). The average Bonchev–Trinajstić information content (AvgIpc) is 3.18. The lowest BCUT2D eigenvalue weighted by Crippen LogP contribution is -2.51. The fourth-order valence-electron chi connectivity index (χ4n) is 4.69. The van der Waals surface area contributed by atoms with Gasteiger partial charge in [0, 0.05) is 30.6 Å². The first-order chi connectivity index (χ1) is 12.7. The van der Waals surface area contributed by atoms with Crippen molar-refractivity contribution in [1.29, 1.82) is 5.26 Å². The van der Waals surface area contributed by atoms with E-state index in [1.54, 1.807) is 11.3 Å². The molecule has 1 atom stereocenters. The van der Waals surface area contributed by atoms with E-state index >= 15 is 0 Å². The summed E-state index contributed by atoms with van der Waals surface area (Å²) in [6, 6.07) is 3.00. The SMILES string of the molecule is N#Cc1c(NC(=O)CN2CCN3CCCC3C2)sc2c1CCCCCC2. The minimum absolute atomic E-state index is 0.0298. The maximum absolute atomic E-state index is 12.6. The quantitative estimate of drug-likeness (QED) is 0.886. The van der Waals surface area contributed by atoms with Crippen LogP contribution in [0.4, 0.5) is 5.00 Å². The summed E-state index contributed by atoms with van der Waals surface area (Å²) in [5.41, 5.74) is 1.92. The number of carbonyl (C=O) groups is 1. The van der Waals surface area contributed by atoms with Gasteiger partial charge < -0.3 is 5.32 Å². The average molecular weight is 373 g/mol. The molecule has 1 aliphatic carbocycles. The van der Waals surface area contributed by atoms with Gasteiger partial charge in [-0.05, 0) is 50.6 Å². The zero-order chi connectivity index (χ0) is 17.9. The van der Waals surface area contributed by atoms with E-state index < -0.39 is 0 Å². The summed E-state index contributed by atoms with van der Waals surface area (Å²) >= 11 is 1.63. The number of nitriles is 1. The number of thiophene rings is 1. The largest absolute Gasteiger partial charge is 0.315 e. The molecule has 140 valence electrons. The molecule has 2 aliphatic heterocycles. The third-order valence-electron chi connectivity index (χ3n) is 6.07. The van der Waals surface area contributed by atoms with Gasteiger partial charge >= 0.3 is 0 Å². The summed E-state index contributed by atoms with van der Waals surface area (Å²) in [5.74, 6) is 0.0298. The van der Waals surface area contributed by atoms with Crippen LogP contribution in [0.1, 0.15) is 54.5 Å². The molecule has 1 unspecified atom stereocenters. The highest BCUT2D eigenvalue weighted by Gasteiger charge is 2.31. The Kier molecular flexibility index (Phi) is 5.58. The van der Waals surface area contributed by atoms with Gasteiger partial charge in [0.1, 0.15) is 11.1 Å². The van der Waals surface area contributed by atoms with Crippen LogP contribution >= 0.6 is 11.3 Å². The van der Waals surface area contributed by atoms with Crippen molar-refractivity contribution in [2.24, 2.45) is 0 Å². The van der Waals surface area contributed by atoms with Crippen LogP contribution < -0.4 is 5.32 Å². The summed E-state index contributed by atoms with van der Waals surface area (Å²) in [6.07, 6.45) is 9.44. The summed E-state index contributed by atoms with van der Waals surface area (Å²) in [5, 5.41) is 13.5. The lowest BCUT2D eigenvalue weighted by atomic mass is 9.97. The lowest BCUT2D eigenvalue weighted by molar-refractivity contribution is -0.117. The van der Waals surface area contributed by atoms with Crippen LogP contribution in [-0.4, -0.2) is 54.5 Å². The Bertz CT molecular complexity index is 707. The van der Waals surface area contributed by atoms with Gasteiger partial charge in [-0.1, -0.05) is 12.8 Å². The summed E-state index contributed by atoms with van der Waals surface area (Å²) in [7, 11) is 0. The monoisotopic (exact) mass is 372 g/mol. The molecular weight excluding hydrogens is 344 g/mol. The third kappa shape index (κ3) is 3.80. The molecular formula is C20H28N4OS.